The standard InChI is InChI=1S/C27H31NO2S/c1-3-16-28(17-15-23-10-7-18-31-23)22-13-14-25-21(19-22)9-6-12-26(25)30-27(29)24-11-5-4-8-20(24)2/h4-12,18,22H,3,13-17,19H2,1-2H3. The SMILES string of the molecule is CCCN(CCc1cccs1)C1CCc2c(cccc2OC(=O)c2ccccc2C)C1. The Morgan fingerprint density at radius 1 is 1.10 bits per heavy atom. The molecule has 0 amide bonds. The second-order valence-corrected chi connectivity index (χ2v) is 9.39. The molecule has 0 bridgehead atoms. The van der Waals surface area contributed by atoms with Gasteiger partial charge in [-0.15, -0.1) is 11.3 Å². The van der Waals surface area contributed by atoms with Crippen LogP contribution in [0.5, 0.6) is 5.75 Å². The van der Waals surface area contributed by atoms with Crippen LogP contribution in [-0.4, -0.2) is 30.0 Å². The highest BCUT2D eigenvalue weighted by Gasteiger charge is 2.26. The van der Waals surface area contributed by atoms with Gasteiger partial charge in [-0.05, 0) is 85.8 Å². The monoisotopic (exact) mass is 433 g/mol. The minimum Gasteiger partial charge on any atom is -0.423 e. The molecule has 3 aromatic rings. The van der Waals surface area contributed by atoms with Gasteiger partial charge in [0.15, 0.2) is 0 Å². The van der Waals surface area contributed by atoms with E-state index in [4.69, 9.17) is 4.74 Å². The number of aryl methyl sites for hydroxylation is 1. The number of carbonyl (C=O) groups excluding carboxylic acids is 1. The lowest BCUT2D eigenvalue weighted by Gasteiger charge is -2.35. The highest BCUT2D eigenvalue weighted by atomic mass is 32.1. The summed E-state index contributed by atoms with van der Waals surface area (Å²) in [6, 6.07) is 18.7. The van der Waals surface area contributed by atoms with Gasteiger partial charge in [-0.2, -0.15) is 0 Å². The molecule has 0 N–H and O–H groups in total. The lowest BCUT2D eigenvalue weighted by atomic mass is 9.86. The normalized spacial score (nSPS) is 15.6. The molecule has 1 aromatic heterocycles. The van der Waals surface area contributed by atoms with Gasteiger partial charge in [0.2, 0.25) is 0 Å². The van der Waals surface area contributed by atoms with E-state index in [1.807, 2.05) is 54.7 Å². The van der Waals surface area contributed by atoms with E-state index in [2.05, 4.69) is 35.4 Å². The van der Waals surface area contributed by atoms with Gasteiger partial charge in [-0.1, -0.05) is 43.3 Å². The Morgan fingerprint density at radius 3 is 2.74 bits per heavy atom. The molecule has 0 saturated heterocycles. The van der Waals surface area contributed by atoms with Crippen molar-refractivity contribution < 1.29 is 9.53 Å². The number of hydrogen-bond donors (Lipinski definition) is 0. The second kappa shape index (κ2) is 10.3. The summed E-state index contributed by atoms with van der Waals surface area (Å²) in [6.45, 7) is 6.45. The largest absolute Gasteiger partial charge is 0.423 e. The van der Waals surface area contributed by atoms with Crippen LogP contribution in [0.25, 0.3) is 0 Å². The van der Waals surface area contributed by atoms with Crippen molar-refractivity contribution in [1.82, 2.24) is 4.90 Å². The number of esters is 1. The maximum Gasteiger partial charge on any atom is 0.343 e. The number of nitrogens with zero attached hydrogens (tertiary/aromatic N) is 1. The third kappa shape index (κ3) is 5.25. The van der Waals surface area contributed by atoms with Crippen molar-refractivity contribution in [1.29, 1.82) is 0 Å². The van der Waals surface area contributed by atoms with Crippen LogP contribution in [0.15, 0.2) is 60.0 Å². The van der Waals surface area contributed by atoms with Crippen LogP contribution in [-0.2, 0) is 19.3 Å². The molecule has 31 heavy (non-hydrogen) atoms. The minimum atomic E-state index is -0.266. The van der Waals surface area contributed by atoms with Crippen LogP contribution in [0.4, 0.5) is 0 Å². The molecule has 1 unspecified atom stereocenters. The fourth-order valence-electron chi connectivity index (χ4n) is 4.59. The summed E-state index contributed by atoms with van der Waals surface area (Å²) in [5.41, 5.74) is 4.11. The number of benzene rings is 2. The van der Waals surface area contributed by atoms with Crippen molar-refractivity contribution in [2.45, 2.75) is 52.0 Å². The van der Waals surface area contributed by atoms with E-state index >= 15 is 0 Å². The molecule has 0 saturated carbocycles. The first-order valence-electron chi connectivity index (χ1n) is 11.3. The van der Waals surface area contributed by atoms with Crippen LogP contribution in [0, 0.1) is 6.92 Å². The number of carbonyl (C=O) groups is 1. The number of fused-ring (bicyclic) bond motifs is 1. The van der Waals surface area contributed by atoms with E-state index < -0.39 is 0 Å². The smallest absolute Gasteiger partial charge is 0.343 e. The zero-order valence-electron chi connectivity index (χ0n) is 18.5. The van der Waals surface area contributed by atoms with Crippen LogP contribution >= 0.6 is 11.3 Å². The molecular formula is C27H31NO2S. The minimum absolute atomic E-state index is 0.266. The molecule has 0 radical (unpaired) electrons. The molecule has 1 heterocycles. The summed E-state index contributed by atoms with van der Waals surface area (Å²) in [5.74, 6) is 0.460. The number of rotatable bonds is 8. The molecule has 162 valence electrons. The van der Waals surface area contributed by atoms with E-state index in [0.717, 1.165) is 50.1 Å². The molecule has 4 heteroatoms. The summed E-state index contributed by atoms with van der Waals surface area (Å²) in [5, 5.41) is 2.16. The topological polar surface area (TPSA) is 29.5 Å². The molecule has 0 aliphatic heterocycles. The fraction of sp³-hybridized carbons (Fsp3) is 0.370. The van der Waals surface area contributed by atoms with Crippen LogP contribution in [0.2, 0.25) is 0 Å². The first-order chi connectivity index (χ1) is 15.2. The molecule has 3 nitrogen and oxygen atoms in total. The summed E-state index contributed by atoms with van der Waals surface area (Å²) in [4.78, 5) is 16.9. The van der Waals surface area contributed by atoms with Crippen molar-refractivity contribution in [3.63, 3.8) is 0 Å². The molecule has 1 aliphatic carbocycles. The Hall–Kier alpha value is -2.43. The van der Waals surface area contributed by atoms with E-state index in [1.165, 1.54) is 22.4 Å². The number of ether oxygens (including phenoxy) is 1. The Labute approximate surface area is 189 Å². The third-order valence-electron chi connectivity index (χ3n) is 6.23. The Balaban J connectivity index is 1.46. The maximum atomic E-state index is 12.7. The summed E-state index contributed by atoms with van der Waals surface area (Å²) >= 11 is 1.85. The highest BCUT2D eigenvalue weighted by molar-refractivity contribution is 7.09. The van der Waals surface area contributed by atoms with Gasteiger partial charge in [0.05, 0.1) is 5.56 Å². The van der Waals surface area contributed by atoms with Crippen molar-refractivity contribution in [3.8, 4) is 5.75 Å². The maximum absolute atomic E-state index is 12.7. The summed E-state index contributed by atoms with van der Waals surface area (Å²) in [7, 11) is 0. The lowest BCUT2D eigenvalue weighted by Crippen LogP contribution is -2.41. The zero-order chi connectivity index (χ0) is 21.6. The average molecular weight is 434 g/mol. The lowest BCUT2D eigenvalue weighted by molar-refractivity contribution is 0.0731. The van der Waals surface area contributed by atoms with Gasteiger partial charge < -0.3 is 4.74 Å². The fourth-order valence-corrected chi connectivity index (χ4v) is 5.29. The molecule has 1 atom stereocenters. The van der Waals surface area contributed by atoms with Crippen LogP contribution in [0.1, 0.15) is 51.7 Å². The van der Waals surface area contributed by atoms with Gasteiger partial charge in [0, 0.05) is 17.5 Å². The molecule has 1 aliphatic rings. The molecule has 2 aromatic carbocycles. The molecule has 4 rings (SSSR count). The van der Waals surface area contributed by atoms with Crippen molar-refractivity contribution in [2.24, 2.45) is 0 Å². The van der Waals surface area contributed by atoms with E-state index in [1.54, 1.807) is 0 Å². The average Bonchev–Trinajstić information content (AvgIpc) is 3.30. The van der Waals surface area contributed by atoms with Gasteiger partial charge in [-0.3, -0.25) is 4.90 Å². The second-order valence-electron chi connectivity index (χ2n) is 8.36. The first-order valence-corrected chi connectivity index (χ1v) is 12.2. The quantitative estimate of drug-likeness (QED) is 0.318. The Kier molecular flexibility index (Phi) is 7.21. The van der Waals surface area contributed by atoms with Crippen LogP contribution < -0.4 is 4.74 Å². The third-order valence-corrected chi connectivity index (χ3v) is 7.17. The van der Waals surface area contributed by atoms with E-state index in [-0.39, 0.29) is 5.97 Å². The zero-order valence-corrected chi connectivity index (χ0v) is 19.3. The van der Waals surface area contributed by atoms with Gasteiger partial charge in [0.25, 0.3) is 0 Å². The number of thiophene rings is 1. The molecular weight excluding hydrogens is 402 g/mol. The summed E-state index contributed by atoms with van der Waals surface area (Å²) in [6.07, 6.45) is 5.37. The Morgan fingerprint density at radius 2 is 1.97 bits per heavy atom. The van der Waals surface area contributed by atoms with Crippen molar-refractivity contribution >= 4 is 17.3 Å². The van der Waals surface area contributed by atoms with Crippen LogP contribution in [0.3, 0.4) is 0 Å². The van der Waals surface area contributed by atoms with Crippen molar-refractivity contribution in [3.05, 3.63) is 87.1 Å². The highest BCUT2D eigenvalue weighted by Crippen LogP contribution is 2.32. The predicted molar refractivity (Wildman–Crippen MR) is 128 cm³/mol. The first kappa shape index (κ1) is 21.8. The summed E-state index contributed by atoms with van der Waals surface area (Å²) < 4.78 is 5.87. The van der Waals surface area contributed by atoms with E-state index in [0.29, 0.717) is 11.6 Å². The van der Waals surface area contributed by atoms with Gasteiger partial charge in [0.1, 0.15) is 5.75 Å². The van der Waals surface area contributed by atoms with Crippen molar-refractivity contribution in [2.75, 3.05) is 13.1 Å². The predicted octanol–water partition coefficient (Wildman–Crippen LogP) is 6.09. The molecule has 0 fully saturated rings. The van der Waals surface area contributed by atoms with E-state index in [9.17, 15) is 4.79 Å². The van der Waals surface area contributed by atoms with Gasteiger partial charge in [-0.25, -0.2) is 4.79 Å². The number of hydrogen-bond acceptors (Lipinski definition) is 4. The van der Waals surface area contributed by atoms with Gasteiger partial charge >= 0.3 is 5.97 Å². The molecule has 0 spiro atoms. The Bertz CT molecular complexity index is 1010.